The zero-order chi connectivity index (χ0) is 8.04. The normalized spacial score (nSPS) is 12.0. The van der Waals surface area contributed by atoms with Gasteiger partial charge in [-0.25, -0.2) is 0 Å². The third-order valence-corrected chi connectivity index (χ3v) is 1.24. The summed E-state index contributed by atoms with van der Waals surface area (Å²) in [6, 6.07) is 0. The Labute approximate surface area is 61.5 Å². The molecule has 0 aliphatic carbocycles. The Bertz CT molecular complexity index is 75.5. The Kier molecular flexibility index (Phi) is 4.63. The van der Waals surface area contributed by atoms with E-state index >= 15 is 0 Å². The van der Waals surface area contributed by atoms with Crippen molar-refractivity contribution in [2.75, 3.05) is 27.9 Å². The van der Waals surface area contributed by atoms with E-state index in [1.165, 1.54) is 21.3 Å². The molecule has 0 heterocycles. The van der Waals surface area contributed by atoms with E-state index in [0.717, 1.165) is 0 Å². The largest absolute Gasteiger partial charge is 0.530 e. The fraction of sp³-hybridized carbons (Fsp3) is 1.00. The van der Waals surface area contributed by atoms with E-state index in [-0.39, 0.29) is 0 Å². The topological polar surface area (TPSA) is 36.9 Å². The summed E-state index contributed by atoms with van der Waals surface area (Å²) < 4.78 is 19.7. The average molecular weight is 149 g/mol. The molecule has 0 fully saturated rings. The lowest BCUT2D eigenvalue weighted by Crippen LogP contribution is -2.46. The predicted molar refractivity (Wildman–Crippen MR) is 38.4 cm³/mol. The van der Waals surface area contributed by atoms with Gasteiger partial charge in [0.1, 0.15) is 0 Å². The molecule has 0 rings (SSSR count). The Morgan fingerprint density at radius 2 is 1.40 bits per heavy atom. The van der Waals surface area contributed by atoms with Crippen molar-refractivity contribution in [2.45, 2.75) is 6.92 Å². The van der Waals surface area contributed by atoms with Gasteiger partial charge < -0.3 is 18.6 Å². The molecule has 5 heteroatoms. The van der Waals surface area contributed by atoms with Crippen LogP contribution in [0.4, 0.5) is 0 Å². The zero-order valence-electron chi connectivity index (χ0n) is 6.92. The molecule has 0 aromatic rings. The minimum Gasteiger partial charge on any atom is -0.521 e. The van der Waals surface area contributed by atoms with E-state index in [1.54, 1.807) is 0 Å². The van der Waals surface area contributed by atoms with Crippen molar-refractivity contribution in [2.24, 2.45) is 0 Å². The van der Waals surface area contributed by atoms with Crippen molar-refractivity contribution >= 4 is 6.96 Å². The molecule has 0 atom stereocenters. The van der Waals surface area contributed by atoms with Gasteiger partial charge in [-0.15, -0.1) is 0 Å². The van der Waals surface area contributed by atoms with Gasteiger partial charge in [0.05, 0.1) is 0 Å². The zero-order valence-corrected chi connectivity index (χ0v) is 6.92. The number of hydrogen-bond donors (Lipinski definition) is 0. The predicted octanol–water partition coefficient (Wildman–Crippen LogP) is 0.398. The number of rotatable bonds is 5. The maximum absolute atomic E-state index is 5.07. The highest BCUT2D eigenvalue weighted by Gasteiger charge is 2.26. The first kappa shape index (κ1) is 9.90. The summed E-state index contributed by atoms with van der Waals surface area (Å²) >= 11 is 0. The first-order valence-corrected chi connectivity index (χ1v) is 3.16. The molecule has 0 aliphatic heterocycles. The Morgan fingerprint density at radius 3 is 1.50 bits per heavy atom. The quantitative estimate of drug-likeness (QED) is 0.530. The molecule has 0 aliphatic rings. The maximum Gasteiger partial charge on any atom is 0.530 e. The summed E-state index contributed by atoms with van der Waals surface area (Å²) in [6.45, 7) is 0.385. The van der Waals surface area contributed by atoms with E-state index in [4.69, 9.17) is 18.6 Å². The van der Waals surface area contributed by atoms with Crippen molar-refractivity contribution in [3.8, 4) is 0 Å². The number of hydrogen-bond acceptors (Lipinski definition) is 4. The van der Waals surface area contributed by atoms with Gasteiger partial charge in [-0.05, 0) is 28.3 Å². The maximum atomic E-state index is 5.07. The summed E-state index contributed by atoms with van der Waals surface area (Å²) in [7, 11) is 4.42. The van der Waals surface area contributed by atoms with Crippen LogP contribution in [0.1, 0.15) is 6.92 Å². The summed E-state index contributed by atoms with van der Waals surface area (Å²) in [5.74, 6) is 0. The first-order valence-electron chi connectivity index (χ1n) is 3.16. The second kappa shape index (κ2) is 4.68. The van der Waals surface area contributed by atoms with Gasteiger partial charge in [0.15, 0.2) is 0 Å². The molecular weight excluding hydrogens is 135 g/mol. The highest BCUT2D eigenvalue weighted by molar-refractivity contribution is 6.53. The first-order chi connectivity index (χ1) is 4.74. The summed E-state index contributed by atoms with van der Waals surface area (Å²) in [5.41, 5.74) is 0. The SMILES string of the molecule is CCO[B-](OC)(OC)OC. The van der Waals surface area contributed by atoms with Crippen LogP contribution >= 0.6 is 0 Å². The third-order valence-electron chi connectivity index (χ3n) is 1.24. The van der Waals surface area contributed by atoms with Crippen LogP contribution in [0.25, 0.3) is 0 Å². The van der Waals surface area contributed by atoms with Gasteiger partial charge >= 0.3 is 6.96 Å². The van der Waals surface area contributed by atoms with E-state index in [1.807, 2.05) is 6.92 Å². The molecule has 0 N–H and O–H groups in total. The summed E-state index contributed by atoms with van der Waals surface area (Å²) in [6.07, 6.45) is 0. The van der Waals surface area contributed by atoms with Gasteiger partial charge in [-0.3, -0.25) is 0 Å². The molecule has 0 radical (unpaired) electrons. The van der Waals surface area contributed by atoms with E-state index in [0.29, 0.717) is 6.61 Å². The molecule has 0 unspecified atom stereocenters. The van der Waals surface area contributed by atoms with Crippen LogP contribution in [0.2, 0.25) is 0 Å². The van der Waals surface area contributed by atoms with Gasteiger partial charge in [0.2, 0.25) is 0 Å². The Balaban J connectivity index is 3.87. The Morgan fingerprint density at radius 1 is 1.00 bits per heavy atom. The molecule has 62 valence electrons. The van der Waals surface area contributed by atoms with Crippen LogP contribution in [0.5, 0.6) is 0 Å². The summed E-state index contributed by atoms with van der Waals surface area (Å²) in [5, 5.41) is 0. The van der Waals surface area contributed by atoms with Crippen molar-refractivity contribution < 1.29 is 18.6 Å². The van der Waals surface area contributed by atoms with Crippen molar-refractivity contribution in [3.05, 3.63) is 0 Å². The molecule has 0 saturated heterocycles. The minimum atomic E-state index is -1.95. The molecule has 0 bridgehead atoms. The van der Waals surface area contributed by atoms with E-state index in [9.17, 15) is 0 Å². The molecule has 0 aromatic carbocycles. The van der Waals surface area contributed by atoms with Gasteiger partial charge in [0.25, 0.3) is 0 Å². The average Bonchev–Trinajstić information content (AvgIpc) is 2.01. The lowest BCUT2D eigenvalue weighted by atomic mass is 10.1. The van der Waals surface area contributed by atoms with Gasteiger partial charge in [-0.1, -0.05) is 0 Å². The lowest BCUT2D eigenvalue weighted by Gasteiger charge is -2.35. The van der Waals surface area contributed by atoms with E-state index < -0.39 is 6.96 Å². The molecule has 4 nitrogen and oxygen atoms in total. The van der Waals surface area contributed by atoms with Gasteiger partial charge in [0, 0.05) is 6.61 Å². The smallest absolute Gasteiger partial charge is 0.521 e. The second-order valence-corrected chi connectivity index (χ2v) is 1.74. The van der Waals surface area contributed by atoms with Crippen molar-refractivity contribution in [3.63, 3.8) is 0 Å². The minimum absolute atomic E-state index is 0.496. The standard InChI is InChI=1S/C5H14BO4/c1-5-10-6(7-2,8-3)9-4/h5H2,1-4H3/q-1. The highest BCUT2D eigenvalue weighted by Crippen LogP contribution is 2.06. The third kappa shape index (κ3) is 2.26. The van der Waals surface area contributed by atoms with Crippen LogP contribution < -0.4 is 0 Å². The fourth-order valence-corrected chi connectivity index (χ4v) is 0.697. The van der Waals surface area contributed by atoms with Crippen LogP contribution in [-0.2, 0) is 18.6 Å². The molecule has 0 saturated carbocycles. The second-order valence-electron chi connectivity index (χ2n) is 1.74. The van der Waals surface area contributed by atoms with E-state index in [2.05, 4.69) is 0 Å². The highest BCUT2D eigenvalue weighted by atomic mass is 16.9. The van der Waals surface area contributed by atoms with Crippen LogP contribution in [0.3, 0.4) is 0 Å². The van der Waals surface area contributed by atoms with Crippen LogP contribution in [0.15, 0.2) is 0 Å². The van der Waals surface area contributed by atoms with Crippen molar-refractivity contribution in [1.82, 2.24) is 0 Å². The molecular formula is C5H14BO4-. The van der Waals surface area contributed by atoms with Crippen molar-refractivity contribution in [1.29, 1.82) is 0 Å². The fourth-order valence-electron chi connectivity index (χ4n) is 0.697. The van der Waals surface area contributed by atoms with Gasteiger partial charge in [-0.2, -0.15) is 0 Å². The Hall–Kier alpha value is -0.0951. The molecule has 10 heavy (non-hydrogen) atoms. The lowest BCUT2D eigenvalue weighted by molar-refractivity contribution is 0.00940. The monoisotopic (exact) mass is 149 g/mol. The van der Waals surface area contributed by atoms with Crippen LogP contribution in [0, 0.1) is 0 Å². The molecule has 0 amide bonds. The molecule has 0 spiro atoms. The molecule has 0 aromatic heterocycles. The van der Waals surface area contributed by atoms with Crippen LogP contribution in [-0.4, -0.2) is 34.9 Å². The summed E-state index contributed by atoms with van der Waals surface area (Å²) in [4.78, 5) is 0.